The van der Waals surface area contributed by atoms with Gasteiger partial charge in [0.1, 0.15) is 6.10 Å². The summed E-state index contributed by atoms with van der Waals surface area (Å²) in [5, 5.41) is 33.3. The Hall–Kier alpha value is -0.660. The van der Waals surface area contributed by atoms with E-state index in [1.54, 1.807) is 11.3 Å². The molecule has 0 spiro atoms. The quantitative estimate of drug-likeness (QED) is 0.731. The van der Waals surface area contributed by atoms with Gasteiger partial charge in [0.25, 0.3) is 0 Å². The fourth-order valence-corrected chi connectivity index (χ4v) is 3.91. The maximum absolute atomic E-state index is 9.73. The summed E-state index contributed by atoms with van der Waals surface area (Å²) in [6.45, 7) is 3.88. The fourth-order valence-electron chi connectivity index (χ4n) is 3.24. The van der Waals surface area contributed by atoms with Crippen molar-refractivity contribution in [1.82, 2.24) is 4.90 Å². The first-order valence-electron chi connectivity index (χ1n) is 7.17. The van der Waals surface area contributed by atoms with Gasteiger partial charge < -0.3 is 20.2 Å². The number of nitrogens with zero attached hydrogens (tertiary/aromatic N) is 2. The SMILES string of the molecule is O[C@H]1[C@H](O)CN(C[C@H]2CCN(c3ccsc3)C2)C[C@@H]1O. The highest BCUT2D eigenvalue weighted by molar-refractivity contribution is 7.08. The number of hydrogen-bond acceptors (Lipinski definition) is 6. The largest absolute Gasteiger partial charge is 0.389 e. The van der Waals surface area contributed by atoms with Crippen molar-refractivity contribution in [1.29, 1.82) is 0 Å². The number of likely N-dealkylation sites (tertiary alicyclic amines) is 1. The van der Waals surface area contributed by atoms with Crippen LogP contribution < -0.4 is 4.90 Å². The second kappa shape index (κ2) is 5.99. The molecule has 3 rings (SSSR count). The topological polar surface area (TPSA) is 67.2 Å². The van der Waals surface area contributed by atoms with Gasteiger partial charge in [-0.3, -0.25) is 4.90 Å². The molecule has 6 heteroatoms. The number of piperidine rings is 1. The summed E-state index contributed by atoms with van der Waals surface area (Å²) in [6.07, 6.45) is -1.54. The van der Waals surface area contributed by atoms with Crippen LogP contribution in [0.2, 0.25) is 0 Å². The molecule has 2 aliphatic heterocycles. The molecular formula is C14H22N2O3S. The Kier molecular flexibility index (Phi) is 4.28. The van der Waals surface area contributed by atoms with Gasteiger partial charge in [-0.25, -0.2) is 0 Å². The Morgan fingerprint density at radius 3 is 2.55 bits per heavy atom. The maximum Gasteiger partial charge on any atom is 0.108 e. The van der Waals surface area contributed by atoms with Crippen LogP contribution >= 0.6 is 11.3 Å². The van der Waals surface area contributed by atoms with Gasteiger partial charge in [-0.05, 0) is 23.8 Å². The third kappa shape index (κ3) is 2.99. The van der Waals surface area contributed by atoms with Gasteiger partial charge in [-0.2, -0.15) is 11.3 Å². The van der Waals surface area contributed by atoms with E-state index in [4.69, 9.17) is 0 Å². The molecule has 2 fully saturated rings. The molecule has 0 aliphatic carbocycles. The van der Waals surface area contributed by atoms with Crippen molar-refractivity contribution in [3.05, 3.63) is 16.8 Å². The molecule has 0 amide bonds. The van der Waals surface area contributed by atoms with Crippen LogP contribution in [0, 0.1) is 5.92 Å². The molecule has 1 aromatic heterocycles. The maximum atomic E-state index is 9.73. The van der Waals surface area contributed by atoms with E-state index < -0.39 is 18.3 Å². The van der Waals surface area contributed by atoms with E-state index in [2.05, 4.69) is 26.6 Å². The molecule has 1 aromatic rings. The summed E-state index contributed by atoms with van der Waals surface area (Å²) in [4.78, 5) is 4.47. The van der Waals surface area contributed by atoms with Gasteiger partial charge >= 0.3 is 0 Å². The van der Waals surface area contributed by atoms with Crippen molar-refractivity contribution in [2.75, 3.05) is 37.6 Å². The van der Waals surface area contributed by atoms with E-state index in [1.165, 1.54) is 5.69 Å². The number of thiophene rings is 1. The Morgan fingerprint density at radius 1 is 1.15 bits per heavy atom. The Labute approximate surface area is 123 Å². The average Bonchev–Trinajstić information content (AvgIpc) is 3.05. The first-order chi connectivity index (χ1) is 9.63. The molecule has 20 heavy (non-hydrogen) atoms. The zero-order chi connectivity index (χ0) is 14.1. The second-order valence-electron chi connectivity index (χ2n) is 5.93. The lowest BCUT2D eigenvalue weighted by Gasteiger charge is -2.38. The zero-order valence-corrected chi connectivity index (χ0v) is 12.2. The van der Waals surface area contributed by atoms with Crippen molar-refractivity contribution < 1.29 is 15.3 Å². The molecule has 0 aromatic carbocycles. The van der Waals surface area contributed by atoms with Crippen molar-refractivity contribution >= 4 is 17.0 Å². The highest BCUT2D eigenvalue weighted by Crippen LogP contribution is 2.26. The van der Waals surface area contributed by atoms with Crippen molar-refractivity contribution in [3.8, 4) is 0 Å². The van der Waals surface area contributed by atoms with Crippen molar-refractivity contribution in [3.63, 3.8) is 0 Å². The Morgan fingerprint density at radius 2 is 1.90 bits per heavy atom. The molecule has 3 heterocycles. The predicted octanol–water partition coefficient (Wildman–Crippen LogP) is -0.0273. The van der Waals surface area contributed by atoms with Crippen LogP contribution in [-0.4, -0.2) is 71.3 Å². The molecule has 0 saturated carbocycles. The number of β-amino-alcohol motifs (C(OH)–C–C–N with tert-alkyl or cyclic N) is 2. The normalized spacial score (nSPS) is 35.6. The highest BCUT2D eigenvalue weighted by atomic mass is 32.1. The molecule has 112 valence electrons. The molecule has 3 N–H and O–H groups in total. The summed E-state index contributed by atoms with van der Waals surface area (Å²) in [7, 11) is 0. The summed E-state index contributed by atoms with van der Waals surface area (Å²) in [5.41, 5.74) is 1.30. The number of rotatable bonds is 3. The highest BCUT2D eigenvalue weighted by Gasteiger charge is 2.35. The van der Waals surface area contributed by atoms with Crippen LogP contribution in [0.3, 0.4) is 0 Å². The third-order valence-electron chi connectivity index (χ3n) is 4.35. The summed E-state index contributed by atoms with van der Waals surface area (Å²) in [5.74, 6) is 0.560. The van der Waals surface area contributed by atoms with Gasteiger partial charge in [0, 0.05) is 43.8 Å². The van der Waals surface area contributed by atoms with Crippen LogP contribution in [-0.2, 0) is 0 Å². The van der Waals surface area contributed by atoms with Gasteiger partial charge in [0.2, 0.25) is 0 Å². The van der Waals surface area contributed by atoms with Crippen LogP contribution in [0.4, 0.5) is 5.69 Å². The molecule has 0 bridgehead atoms. The second-order valence-corrected chi connectivity index (χ2v) is 6.71. The lowest BCUT2D eigenvalue weighted by atomic mass is 10.00. The van der Waals surface area contributed by atoms with Crippen molar-refractivity contribution in [2.24, 2.45) is 5.92 Å². The van der Waals surface area contributed by atoms with E-state index in [-0.39, 0.29) is 0 Å². The lowest BCUT2D eigenvalue weighted by molar-refractivity contribution is -0.111. The number of aliphatic hydroxyl groups is 3. The number of aliphatic hydroxyl groups excluding tert-OH is 3. The van der Waals surface area contributed by atoms with Crippen LogP contribution in [0.25, 0.3) is 0 Å². The van der Waals surface area contributed by atoms with Crippen LogP contribution in [0.5, 0.6) is 0 Å². The van der Waals surface area contributed by atoms with E-state index in [9.17, 15) is 15.3 Å². The minimum atomic E-state index is -1.00. The van der Waals surface area contributed by atoms with Crippen molar-refractivity contribution in [2.45, 2.75) is 24.7 Å². The smallest absolute Gasteiger partial charge is 0.108 e. The lowest BCUT2D eigenvalue weighted by Crippen LogP contribution is -2.56. The monoisotopic (exact) mass is 298 g/mol. The van der Waals surface area contributed by atoms with Gasteiger partial charge in [-0.15, -0.1) is 0 Å². The molecule has 4 atom stereocenters. The fraction of sp³-hybridized carbons (Fsp3) is 0.714. The Bertz CT molecular complexity index is 416. The first-order valence-corrected chi connectivity index (χ1v) is 8.11. The van der Waals surface area contributed by atoms with E-state index in [0.29, 0.717) is 19.0 Å². The standard InChI is InChI=1S/C14H22N2O3S/c17-12-7-15(8-13(18)14(12)19)5-10-1-3-16(6-10)11-2-4-20-9-11/h2,4,9-10,12-14,17-19H,1,3,5-8H2/t10-,12-,13+,14+/m1/s1. The zero-order valence-electron chi connectivity index (χ0n) is 11.4. The molecule has 5 nitrogen and oxygen atoms in total. The Balaban J connectivity index is 1.52. The van der Waals surface area contributed by atoms with Gasteiger partial charge in [0.15, 0.2) is 0 Å². The van der Waals surface area contributed by atoms with E-state index in [0.717, 1.165) is 26.1 Å². The molecule has 2 saturated heterocycles. The number of anilines is 1. The minimum absolute atomic E-state index is 0.452. The first kappa shape index (κ1) is 14.3. The molecule has 2 aliphatic rings. The van der Waals surface area contributed by atoms with Gasteiger partial charge in [0.05, 0.1) is 12.2 Å². The van der Waals surface area contributed by atoms with Gasteiger partial charge in [-0.1, -0.05) is 0 Å². The molecule has 0 radical (unpaired) electrons. The van der Waals surface area contributed by atoms with E-state index >= 15 is 0 Å². The van der Waals surface area contributed by atoms with E-state index in [1.807, 2.05) is 0 Å². The third-order valence-corrected chi connectivity index (χ3v) is 5.02. The minimum Gasteiger partial charge on any atom is -0.389 e. The summed E-state index contributed by atoms with van der Waals surface area (Å²) in [6, 6.07) is 2.15. The summed E-state index contributed by atoms with van der Waals surface area (Å²) >= 11 is 1.72. The molecule has 0 unspecified atom stereocenters. The summed E-state index contributed by atoms with van der Waals surface area (Å²) < 4.78 is 0. The average molecular weight is 298 g/mol. The molecular weight excluding hydrogens is 276 g/mol. The van der Waals surface area contributed by atoms with Crippen LogP contribution in [0.1, 0.15) is 6.42 Å². The number of hydrogen-bond donors (Lipinski definition) is 3. The van der Waals surface area contributed by atoms with Crippen LogP contribution in [0.15, 0.2) is 16.8 Å². The predicted molar refractivity (Wildman–Crippen MR) is 79.1 cm³/mol.